The Labute approximate surface area is 157 Å². The minimum atomic E-state index is -0.487. The van der Waals surface area contributed by atoms with Crippen LogP contribution in [0.4, 0.5) is 0 Å². The maximum atomic E-state index is 12.7. The van der Waals surface area contributed by atoms with Crippen molar-refractivity contribution in [2.45, 2.75) is 19.9 Å². The van der Waals surface area contributed by atoms with Crippen molar-refractivity contribution in [3.8, 4) is 22.9 Å². The van der Waals surface area contributed by atoms with Gasteiger partial charge >= 0.3 is 0 Å². The molecule has 3 rings (SSSR count). The van der Waals surface area contributed by atoms with E-state index in [9.17, 15) is 4.79 Å². The third kappa shape index (κ3) is 3.92. The fraction of sp³-hybridized carbons (Fsp3) is 0.250. The van der Waals surface area contributed by atoms with Crippen LogP contribution in [0.1, 0.15) is 34.8 Å². The third-order valence-electron chi connectivity index (χ3n) is 4.12. The molecule has 0 bridgehead atoms. The van der Waals surface area contributed by atoms with Crippen molar-refractivity contribution in [2.24, 2.45) is 0 Å². The number of amides is 1. The minimum Gasteiger partial charge on any atom is -0.496 e. The van der Waals surface area contributed by atoms with E-state index in [0.29, 0.717) is 28.8 Å². The van der Waals surface area contributed by atoms with Crippen LogP contribution in [0, 0.1) is 6.92 Å². The van der Waals surface area contributed by atoms with Gasteiger partial charge in [-0.25, -0.2) is 0 Å². The average Bonchev–Trinajstić information content (AvgIpc) is 3.18. The van der Waals surface area contributed by atoms with Crippen LogP contribution in [0.15, 0.2) is 47.0 Å². The Morgan fingerprint density at radius 2 is 1.70 bits per heavy atom. The first-order valence-electron chi connectivity index (χ1n) is 8.46. The number of ether oxygens (including phenoxy) is 2. The summed E-state index contributed by atoms with van der Waals surface area (Å²) in [6.07, 6.45) is 0. The zero-order chi connectivity index (χ0) is 19.4. The molecule has 0 aliphatic rings. The zero-order valence-corrected chi connectivity index (χ0v) is 15.6. The molecular weight excluding hydrogens is 346 g/mol. The van der Waals surface area contributed by atoms with Gasteiger partial charge in [0, 0.05) is 5.56 Å². The van der Waals surface area contributed by atoms with E-state index in [4.69, 9.17) is 14.0 Å². The highest BCUT2D eigenvalue weighted by molar-refractivity contribution is 5.99. The molecule has 2 aromatic carbocycles. The summed E-state index contributed by atoms with van der Waals surface area (Å²) in [6.45, 7) is 3.78. The van der Waals surface area contributed by atoms with Crippen molar-refractivity contribution in [1.29, 1.82) is 0 Å². The number of aromatic nitrogens is 2. The summed E-state index contributed by atoms with van der Waals surface area (Å²) in [5.74, 6) is 1.27. The largest absolute Gasteiger partial charge is 0.496 e. The number of methoxy groups -OCH3 is 2. The molecule has 3 aromatic rings. The highest BCUT2D eigenvalue weighted by atomic mass is 16.5. The molecule has 27 heavy (non-hydrogen) atoms. The predicted molar refractivity (Wildman–Crippen MR) is 99.9 cm³/mol. The molecule has 0 aliphatic carbocycles. The normalized spacial score (nSPS) is 11.7. The van der Waals surface area contributed by atoms with Gasteiger partial charge in [-0.2, -0.15) is 4.98 Å². The highest BCUT2D eigenvalue weighted by Gasteiger charge is 2.23. The molecule has 1 amide bonds. The van der Waals surface area contributed by atoms with Gasteiger partial charge in [0.15, 0.2) is 0 Å². The maximum Gasteiger partial charge on any atom is 0.259 e. The molecule has 0 saturated carbocycles. The van der Waals surface area contributed by atoms with Crippen LogP contribution >= 0.6 is 0 Å². The number of rotatable bonds is 6. The van der Waals surface area contributed by atoms with Gasteiger partial charge in [0.2, 0.25) is 11.7 Å². The topological polar surface area (TPSA) is 86.5 Å². The Kier molecular flexibility index (Phi) is 5.40. The van der Waals surface area contributed by atoms with E-state index < -0.39 is 6.04 Å². The van der Waals surface area contributed by atoms with Gasteiger partial charge in [0.1, 0.15) is 23.1 Å². The molecule has 0 unspecified atom stereocenters. The molecule has 1 N–H and O–H groups in total. The molecule has 0 saturated heterocycles. The highest BCUT2D eigenvalue weighted by Crippen LogP contribution is 2.29. The van der Waals surface area contributed by atoms with Gasteiger partial charge in [0.05, 0.1) is 14.2 Å². The standard InChI is InChI=1S/C20H21N3O4/c1-12-8-10-14(11-9-12)18-22-20(27-23-18)13(2)21-19(24)17-15(25-3)6-5-7-16(17)26-4/h5-11,13H,1-4H3,(H,21,24)/t13-/m0/s1. The van der Waals surface area contributed by atoms with Crippen molar-refractivity contribution < 1.29 is 18.8 Å². The quantitative estimate of drug-likeness (QED) is 0.717. The number of hydrogen-bond acceptors (Lipinski definition) is 6. The molecule has 1 aromatic heterocycles. The first-order valence-corrected chi connectivity index (χ1v) is 8.46. The van der Waals surface area contributed by atoms with E-state index in [2.05, 4.69) is 15.5 Å². The summed E-state index contributed by atoms with van der Waals surface area (Å²) >= 11 is 0. The van der Waals surface area contributed by atoms with E-state index >= 15 is 0 Å². The van der Waals surface area contributed by atoms with E-state index in [1.807, 2.05) is 31.2 Å². The van der Waals surface area contributed by atoms with Crippen LogP contribution in [-0.2, 0) is 0 Å². The van der Waals surface area contributed by atoms with Gasteiger partial charge < -0.3 is 19.3 Å². The molecule has 140 valence electrons. The van der Waals surface area contributed by atoms with Crippen LogP contribution in [0.5, 0.6) is 11.5 Å². The number of benzene rings is 2. The summed E-state index contributed by atoms with van der Waals surface area (Å²) < 4.78 is 15.9. The van der Waals surface area contributed by atoms with Gasteiger partial charge in [-0.3, -0.25) is 4.79 Å². The lowest BCUT2D eigenvalue weighted by molar-refractivity contribution is 0.0926. The van der Waals surface area contributed by atoms with Crippen molar-refractivity contribution >= 4 is 5.91 Å². The first-order chi connectivity index (χ1) is 13.0. The maximum absolute atomic E-state index is 12.7. The van der Waals surface area contributed by atoms with Crippen molar-refractivity contribution in [1.82, 2.24) is 15.5 Å². The fourth-order valence-corrected chi connectivity index (χ4v) is 2.64. The lowest BCUT2D eigenvalue weighted by Gasteiger charge is -2.15. The smallest absolute Gasteiger partial charge is 0.259 e. The molecule has 0 fully saturated rings. The minimum absolute atomic E-state index is 0.313. The van der Waals surface area contributed by atoms with Gasteiger partial charge in [-0.1, -0.05) is 41.1 Å². The second kappa shape index (κ2) is 7.90. The summed E-state index contributed by atoms with van der Waals surface area (Å²) in [5.41, 5.74) is 2.31. The second-order valence-corrected chi connectivity index (χ2v) is 6.05. The first kappa shape index (κ1) is 18.4. The molecule has 0 spiro atoms. The summed E-state index contributed by atoms with van der Waals surface area (Å²) in [5, 5.41) is 6.84. The van der Waals surface area contributed by atoms with Crippen LogP contribution < -0.4 is 14.8 Å². The number of aryl methyl sites for hydroxylation is 1. The Hall–Kier alpha value is -3.35. The SMILES string of the molecule is COc1cccc(OC)c1C(=O)N[C@@H](C)c1nc(-c2ccc(C)cc2)no1. The number of nitrogens with one attached hydrogen (secondary N) is 1. The van der Waals surface area contributed by atoms with Crippen molar-refractivity contribution in [2.75, 3.05) is 14.2 Å². The summed E-state index contributed by atoms with van der Waals surface area (Å²) in [7, 11) is 3.00. The predicted octanol–water partition coefficient (Wildman–Crippen LogP) is 3.55. The van der Waals surface area contributed by atoms with Gasteiger partial charge in [-0.15, -0.1) is 0 Å². The van der Waals surface area contributed by atoms with Gasteiger partial charge in [0.25, 0.3) is 5.91 Å². The molecule has 0 radical (unpaired) electrons. The van der Waals surface area contributed by atoms with Crippen LogP contribution in [-0.4, -0.2) is 30.3 Å². The van der Waals surface area contributed by atoms with Crippen LogP contribution in [0.2, 0.25) is 0 Å². The monoisotopic (exact) mass is 367 g/mol. The van der Waals surface area contributed by atoms with Crippen LogP contribution in [0.3, 0.4) is 0 Å². The Balaban J connectivity index is 1.79. The molecule has 7 nitrogen and oxygen atoms in total. The molecule has 1 heterocycles. The lowest BCUT2D eigenvalue weighted by atomic mass is 10.1. The van der Waals surface area contributed by atoms with E-state index in [1.165, 1.54) is 14.2 Å². The van der Waals surface area contributed by atoms with E-state index in [0.717, 1.165) is 11.1 Å². The summed E-state index contributed by atoms with van der Waals surface area (Å²) in [4.78, 5) is 17.1. The molecular formula is C20H21N3O4. The Morgan fingerprint density at radius 3 is 2.30 bits per heavy atom. The van der Waals surface area contributed by atoms with Crippen molar-refractivity contribution in [3.05, 3.63) is 59.5 Å². The van der Waals surface area contributed by atoms with Crippen LogP contribution in [0.25, 0.3) is 11.4 Å². The number of hydrogen-bond donors (Lipinski definition) is 1. The number of carbonyl (C=O) groups is 1. The number of nitrogens with zero attached hydrogens (tertiary/aromatic N) is 2. The van der Waals surface area contributed by atoms with E-state index in [-0.39, 0.29) is 5.91 Å². The summed E-state index contributed by atoms with van der Waals surface area (Å²) in [6, 6.07) is 12.5. The third-order valence-corrected chi connectivity index (χ3v) is 4.12. The fourth-order valence-electron chi connectivity index (χ4n) is 2.64. The Bertz CT molecular complexity index is 912. The average molecular weight is 367 g/mol. The lowest BCUT2D eigenvalue weighted by Crippen LogP contribution is -2.27. The Morgan fingerprint density at radius 1 is 1.07 bits per heavy atom. The number of carbonyl (C=O) groups excluding carboxylic acids is 1. The van der Waals surface area contributed by atoms with Crippen molar-refractivity contribution in [3.63, 3.8) is 0 Å². The second-order valence-electron chi connectivity index (χ2n) is 6.05. The molecule has 1 atom stereocenters. The van der Waals surface area contributed by atoms with E-state index in [1.54, 1.807) is 25.1 Å². The zero-order valence-electron chi connectivity index (χ0n) is 15.6. The molecule has 7 heteroatoms. The van der Waals surface area contributed by atoms with Gasteiger partial charge in [-0.05, 0) is 26.0 Å². The molecule has 0 aliphatic heterocycles.